The number of aryl methyl sites for hydroxylation is 1. The van der Waals surface area contributed by atoms with Crippen LogP contribution in [0.5, 0.6) is 0 Å². The molecule has 0 aliphatic carbocycles. The fourth-order valence-corrected chi connectivity index (χ4v) is 2.53. The lowest BCUT2D eigenvalue weighted by Gasteiger charge is -2.27. The summed E-state index contributed by atoms with van der Waals surface area (Å²) in [5, 5.41) is 2.77. The van der Waals surface area contributed by atoms with Crippen LogP contribution < -0.4 is 5.32 Å². The molecule has 2 rings (SSSR count). The van der Waals surface area contributed by atoms with Crippen molar-refractivity contribution in [2.24, 2.45) is 0 Å². The third-order valence-corrected chi connectivity index (χ3v) is 3.76. The number of anilines is 1. The standard InChI is InChI=1S/C13H16BrFN2O/c1-9-7-10(14)11(15)8-12(9)16-13(18)17-5-3-2-4-6-17/h7-8H,2-6H2,1H3,(H,16,18). The molecule has 1 aliphatic rings. The fraction of sp³-hybridized carbons (Fsp3) is 0.462. The molecule has 1 aromatic carbocycles. The highest BCUT2D eigenvalue weighted by Crippen LogP contribution is 2.24. The van der Waals surface area contributed by atoms with Crippen LogP contribution in [0.1, 0.15) is 24.8 Å². The summed E-state index contributed by atoms with van der Waals surface area (Å²) in [6, 6.07) is 2.88. The largest absolute Gasteiger partial charge is 0.325 e. The number of hydrogen-bond donors (Lipinski definition) is 1. The molecule has 0 atom stereocenters. The lowest BCUT2D eigenvalue weighted by atomic mass is 10.1. The summed E-state index contributed by atoms with van der Waals surface area (Å²) >= 11 is 3.12. The highest BCUT2D eigenvalue weighted by Gasteiger charge is 2.17. The van der Waals surface area contributed by atoms with Crippen molar-refractivity contribution in [3.05, 3.63) is 28.0 Å². The number of nitrogens with zero attached hydrogens (tertiary/aromatic N) is 1. The van der Waals surface area contributed by atoms with Gasteiger partial charge in [-0.2, -0.15) is 0 Å². The van der Waals surface area contributed by atoms with E-state index in [0.717, 1.165) is 31.5 Å². The SMILES string of the molecule is Cc1cc(Br)c(F)cc1NC(=O)N1CCCCC1. The van der Waals surface area contributed by atoms with Crippen molar-refractivity contribution in [3.8, 4) is 0 Å². The second-order valence-corrected chi connectivity index (χ2v) is 5.41. The second-order valence-electron chi connectivity index (χ2n) is 4.56. The van der Waals surface area contributed by atoms with Crippen LogP contribution in [-0.2, 0) is 0 Å². The number of carbonyl (C=O) groups excluding carboxylic acids is 1. The van der Waals surface area contributed by atoms with Crippen molar-refractivity contribution >= 4 is 27.6 Å². The molecule has 1 aliphatic heterocycles. The van der Waals surface area contributed by atoms with Crippen LogP contribution in [0.3, 0.4) is 0 Å². The molecule has 98 valence electrons. The van der Waals surface area contributed by atoms with Gasteiger partial charge < -0.3 is 10.2 Å². The van der Waals surface area contributed by atoms with Crippen molar-refractivity contribution in [2.45, 2.75) is 26.2 Å². The minimum atomic E-state index is -0.366. The molecule has 1 saturated heterocycles. The van der Waals surface area contributed by atoms with Crippen LogP contribution in [0, 0.1) is 12.7 Å². The average molecular weight is 315 g/mol. The Hall–Kier alpha value is -1.10. The van der Waals surface area contributed by atoms with E-state index in [1.54, 1.807) is 11.0 Å². The fourth-order valence-electron chi connectivity index (χ4n) is 2.07. The second kappa shape index (κ2) is 5.69. The van der Waals surface area contributed by atoms with Crippen LogP contribution in [-0.4, -0.2) is 24.0 Å². The van der Waals surface area contributed by atoms with Gasteiger partial charge in [0.1, 0.15) is 5.82 Å². The molecule has 3 nitrogen and oxygen atoms in total. The first kappa shape index (κ1) is 13.3. The number of hydrogen-bond acceptors (Lipinski definition) is 1. The molecule has 0 radical (unpaired) electrons. The van der Waals surface area contributed by atoms with Crippen molar-refractivity contribution < 1.29 is 9.18 Å². The molecular formula is C13H16BrFN2O. The van der Waals surface area contributed by atoms with Gasteiger partial charge in [-0.1, -0.05) is 0 Å². The van der Waals surface area contributed by atoms with E-state index in [1.807, 2.05) is 6.92 Å². The number of piperidine rings is 1. The van der Waals surface area contributed by atoms with Gasteiger partial charge in [-0.3, -0.25) is 0 Å². The molecule has 1 fully saturated rings. The molecule has 1 heterocycles. The van der Waals surface area contributed by atoms with E-state index >= 15 is 0 Å². The summed E-state index contributed by atoms with van der Waals surface area (Å²) in [5.74, 6) is -0.366. The van der Waals surface area contributed by atoms with E-state index in [2.05, 4.69) is 21.2 Å². The van der Waals surface area contributed by atoms with Crippen LogP contribution in [0.15, 0.2) is 16.6 Å². The van der Waals surface area contributed by atoms with Gasteiger partial charge in [-0.05, 0) is 59.8 Å². The maximum Gasteiger partial charge on any atom is 0.321 e. The molecule has 0 aromatic heterocycles. The summed E-state index contributed by atoms with van der Waals surface area (Å²) in [7, 11) is 0. The van der Waals surface area contributed by atoms with Gasteiger partial charge in [0, 0.05) is 18.8 Å². The minimum Gasteiger partial charge on any atom is -0.325 e. The molecule has 0 unspecified atom stereocenters. The summed E-state index contributed by atoms with van der Waals surface area (Å²) in [6.07, 6.45) is 3.26. The van der Waals surface area contributed by atoms with E-state index in [-0.39, 0.29) is 11.8 Å². The van der Waals surface area contributed by atoms with Crippen LogP contribution in [0.25, 0.3) is 0 Å². The van der Waals surface area contributed by atoms with Gasteiger partial charge in [-0.25, -0.2) is 9.18 Å². The van der Waals surface area contributed by atoms with Gasteiger partial charge in [0.2, 0.25) is 0 Å². The summed E-state index contributed by atoms with van der Waals surface area (Å²) in [4.78, 5) is 13.8. The molecule has 0 spiro atoms. The number of benzene rings is 1. The zero-order valence-corrected chi connectivity index (χ0v) is 11.9. The van der Waals surface area contributed by atoms with Gasteiger partial charge >= 0.3 is 6.03 Å². The first-order valence-electron chi connectivity index (χ1n) is 6.09. The maximum absolute atomic E-state index is 13.4. The number of urea groups is 1. The van der Waals surface area contributed by atoms with Gasteiger partial charge in [0.25, 0.3) is 0 Å². The zero-order chi connectivity index (χ0) is 13.1. The number of halogens is 2. The van der Waals surface area contributed by atoms with E-state index in [0.29, 0.717) is 10.2 Å². The van der Waals surface area contributed by atoms with Crippen LogP contribution >= 0.6 is 15.9 Å². The van der Waals surface area contributed by atoms with Gasteiger partial charge in [0.15, 0.2) is 0 Å². The molecule has 5 heteroatoms. The number of nitrogens with one attached hydrogen (secondary N) is 1. The Kier molecular flexibility index (Phi) is 4.22. The Labute approximate surface area is 114 Å². The van der Waals surface area contributed by atoms with Crippen molar-refractivity contribution in [2.75, 3.05) is 18.4 Å². The minimum absolute atomic E-state index is 0.139. The Morgan fingerprint density at radius 1 is 1.33 bits per heavy atom. The number of carbonyl (C=O) groups is 1. The monoisotopic (exact) mass is 314 g/mol. The Morgan fingerprint density at radius 2 is 2.00 bits per heavy atom. The van der Waals surface area contributed by atoms with Crippen molar-refractivity contribution in [1.82, 2.24) is 4.90 Å². The molecule has 1 N–H and O–H groups in total. The predicted molar refractivity (Wildman–Crippen MR) is 73.3 cm³/mol. The van der Waals surface area contributed by atoms with Crippen molar-refractivity contribution in [1.29, 1.82) is 0 Å². The summed E-state index contributed by atoms with van der Waals surface area (Å²) in [6.45, 7) is 3.41. The highest BCUT2D eigenvalue weighted by atomic mass is 79.9. The molecule has 0 bridgehead atoms. The Bertz CT molecular complexity index is 459. The first-order valence-corrected chi connectivity index (χ1v) is 6.89. The first-order chi connectivity index (χ1) is 8.58. The molecule has 1 aromatic rings. The predicted octanol–water partition coefficient (Wildman–Crippen LogP) is 3.91. The van der Waals surface area contributed by atoms with Crippen LogP contribution in [0.4, 0.5) is 14.9 Å². The van der Waals surface area contributed by atoms with E-state index < -0.39 is 0 Å². The normalized spacial score (nSPS) is 15.6. The smallest absolute Gasteiger partial charge is 0.321 e. The zero-order valence-electron chi connectivity index (χ0n) is 10.3. The van der Waals surface area contributed by atoms with E-state index in [4.69, 9.17) is 0 Å². The Balaban J connectivity index is 2.08. The quantitative estimate of drug-likeness (QED) is 0.837. The lowest BCUT2D eigenvalue weighted by Crippen LogP contribution is -2.38. The molecule has 2 amide bonds. The third kappa shape index (κ3) is 3.02. The van der Waals surface area contributed by atoms with E-state index in [1.165, 1.54) is 12.5 Å². The van der Waals surface area contributed by atoms with Gasteiger partial charge in [0.05, 0.1) is 4.47 Å². The average Bonchev–Trinajstić information content (AvgIpc) is 2.37. The number of likely N-dealkylation sites (tertiary alicyclic amines) is 1. The highest BCUT2D eigenvalue weighted by molar-refractivity contribution is 9.10. The molecular weight excluding hydrogens is 299 g/mol. The summed E-state index contributed by atoms with van der Waals surface area (Å²) in [5.41, 5.74) is 1.37. The third-order valence-electron chi connectivity index (χ3n) is 3.15. The number of amides is 2. The van der Waals surface area contributed by atoms with Gasteiger partial charge in [-0.15, -0.1) is 0 Å². The van der Waals surface area contributed by atoms with Crippen molar-refractivity contribution in [3.63, 3.8) is 0 Å². The lowest BCUT2D eigenvalue weighted by molar-refractivity contribution is 0.200. The topological polar surface area (TPSA) is 32.3 Å². The Morgan fingerprint density at radius 3 is 2.67 bits per heavy atom. The molecule has 0 saturated carbocycles. The van der Waals surface area contributed by atoms with E-state index in [9.17, 15) is 9.18 Å². The molecule has 18 heavy (non-hydrogen) atoms. The maximum atomic E-state index is 13.4. The number of rotatable bonds is 1. The van der Waals surface area contributed by atoms with Crippen LogP contribution in [0.2, 0.25) is 0 Å². The summed E-state index contributed by atoms with van der Waals surface area (Å²) < 4.78 is 13.9.